The second-order valence-corrected chi connectivity index (χ2v) is 9.66. The van der Waals surface area contributed by atoms with Crippen LogP contribution >= 0.6 is 0 Å². The summed E-state index contributed by atoms with van der Waals surface area (Å²) in [4.78, 5) is 30.0. The lowest BCUT2D eigenvalue weighted by molar-refractivity contribution is -0.134. The van der Waals surface area contributed by atoms with Crippen LogP contribution in [-0.2, 0) is 17.8 Å². The first-order valence-corrected chi connectivity index (χ1v) is 11.6. The second-order valence-electron chi connectivity index (χ2n) is 9.66. The Kier molecular flexibility index (Phi) is 6.79. The van der Waals surface area contributed by atoms with E-state index in [2.05, 4.69) is 10.2 Å². The van der Waals surface area contributed by atoms with Gasteiger partial charge in [-0.05, 0) is 61.5 Å². The molecule has 0 radical (unpaired) electrons. The molecule has 0 aliphatic carbocycles. The minimum atomic E-state index is -1.09. The van der Waals surface area contributed by atoms with E-state index in [0.717, 1.165) is 0 Å². The molecule has 2 fully saturated rings. The smallest absolute Gasteiger partial charge is 0.322 e. The minimum Gasteiger partial charge on any atom is -0.322 e. The van der Waals surface area contributed by atoms with E-state index in [1.807, 2.05) is 19.9 Å². The zero-order valence-electron chi connectivity index (χ0n) is 19.2. The Balaban J connectivity index is 1.55. The lowest BCUT2D eigenvalue weighted by Crippen LogP contribution is -2.57. The van der Waals surface area contributed by atoms with E-state index in [0.29, 0.717) is 50.1 Å². The third-order valence-electron chi connectivity index (χ3n) is 6.76. The Morgan fingerprint density at radius 3 is 2.45 bits per heavy atom. The Hall–Kier alpha value is -2.80. The van der Waals surface area contributed by atoms with E-state index in [1.165, 1.54) is 23.1 Å². The van der Waals surface area contributed by atoms with Crippen molar-refractivity contribution in [2.45, 2.75) is 45.2 Å². The molecule has 3 amide bonds. The van der Waals surface area contributed by atoms with Gasteiger partial charge in [0.15, 0.2) is 0 Å². The summed E-state index contributed by atoms with van der Waals surface area (Å²) >= 11 is 0. The Morgan fingerprint density at radius 1 is 1.06 bits per heavy atom. The van der Waals surface area contributed by atoms with Gasteiger partial charge in [-0.15, -0.1) is 0 Å². The molecule has 0 unspecified atom stereocenters. The highest BCUT2D eigenvalue weighted by Crippen LogP contribution is 2.37. The van der Waals surface area contributed by atoms with Crippen LogP contribution in [-0.4, -0.2) is 46.9 Å². The molecule has 2 aromatic rings. The summed E-state index contributed by atoms with van der Waals surface area (Å²) < 4.78 is 28.0. The predicted octanol–water partition coefficient (Wildman–Crippen LogP) is 4.37. The lowest BCUT2D eigenvalue weighted by Gasteiger charge is -2.41. The lowest BCUT2D eigenvalue weighted by atomic mass is 9.73. The van der Waals surface area contributed by atoms with Crippen molar-refractivity contribution < 1.29 is 18.4 Å². The molecule has 7 heteroatoms. The van der Waals surface area contributed by atoms with Crippen LogP contribution in [0.1, 0.15) is 37.8 Å². The number of carbonyl (C=O) groups is 2. The molecule has 2 aliphatic heterocycles. The number of rotatable bonds is 7. The SMILES string of the molecule is CC(C)CN1C(=O)N[C@](Cc2cccc(F)c2)(C2CCN(Cc3ccccc3F)CC2)C1=O. The van der Waals surface area contributed by atoms with E-state index in [4.69, 9.17) is 0 Å². The molecule has 5 nitrogen and oxygen atoms in total. The summed E-state index contributed by atoms with van der Waals surface area (Å²) in [5.41, 5.74) is 0.242. The highest BCUT2D eigenvalue weighted by atomic mass is 19.1. The summed E-state index contributed by atoms with van der Waals surface area (Å²) in [6.07, 6.45) is 1.62. The topological polar surface area (TPSA) is 52.7 Å². The van der Waals surface area contributed by atoms with E-state index < -0.39 is 5.54 Å². The number of carbonyl (C=O) groups excluding carboxylic acids is 2. The number of halogens is 2. The van der Waals surface area contributed by atoms with Crippen LogP contribution in [0.4, 0.5) is 13.6 Å². The summed E-state index contributed by atoms with van der Waals surface area (Å²) in [5.74, 6) is -0.750. The Bertz CT molecular complexity index is 1020. The van der Waals surface area contributed by atoms with Crippen molar-refractivity contribution in [2.24, 2.45) is 11.8 Å². The van der Waals surface area contributed by atoms with Gasteiger partial charge in [0, 0.05) is 25.1 Å². The van der Waals surface area contributed by atoms with E-state index >= 15 is 0 Å². The van der Waals surface area contributed by atoms with Gasteiger partial charge in [0.1, 0.15) is 17.2 Å². The molecule has 0 bridgehead atoms. The van der Waals surface area contributed by atoms with Gasteiger partial charge < -0.3 is 5.32 Å². The molecular formula is C26H31F2N3O2. The third kappa shape index (κ3) is 4.93. The maximum Gasteiger partial charge on any atom is 0.325 e. The zero-order valence-corrected chi connectivity index (χ0v) is 19.2. The summed E-state index contributed by atoms with van der Waals surface area (Å²) in [6, 6.07) is 12.6. The van der Waals surface area contributed by atoms with Gasteiger partial charge in [-0.2, -0.15) is 0 Å². The number of hydrogen-bond acceptors (Lipinski definition) is 3. The normalized spacial score (nSPS) is 22.3. The van der Waals surface area contributed by atoms with Gasteiger partial charge in [0.05, 0.1) is 0 Å². The molecule has 1 N–H and O–H groups in total. The van der Waals surface area contributed by atoms with Crippen molar-refractivity contribution in [3.05, 3.63) is 71.3 Å². The van der Waals surface area contributed by atoms with Gasteiger partial charge in [0.2, 0.25) is 0 Å². The van der Waals surface area contributed by atoms with E-state index in [9.17, 15) is 18.4 Å². The summed E-state index contributed by atoms with van der Waals surface area (Å²) in [7, 11) is 0. The first-order valence-electron chi connectivity index (χ1n) is 11.6. The number of nitrogens with zero attached hydrogens (tertiary/aromatic N) is 2. The van der Waals surface area contributed by atoms with Gasteiger partial charge in [-0.3, -0.25) is 14.6 Å². The van der Waals surface area contributed by atoms with Crippen molar-refractivity contribution in [3.63, 3.8) is 0 Å². The number of urea groups is 1. The zero-order chi connectivity index (χ0) is 23.6. The number of likely N-dealkylation sites (tertiary alicyclic amines) is 1. The van der Waals surface area contributed by atoms with Crippen LogP contribution in [0, 0.1) is 23.5 Å². The minimum absolute atomic E-state index is 0.0914. The average Bonchev–Trinajstić information content (AvgIpc) is 3.00. The van der Waals surface area contributed by atoms with E-state index in [-0.39, 0.29) is 41.8 Å². The van der Waals surface area contributed by atoms with Gasteiger partial charge in [0.25, 0.3) is 5.91 Å². The Labute approximate surface area is 193 Å². The van der Waals surface area contributed by atoms with Crippen LogP contribution in [0.25, 0.3) is 0 Å². The fraction of sp³-hybridized carbons (Fsp3) is 0.462. The number of benzene rings is 2. The van der Waals surface area contributed by atoms with Crippen molar-refractivity contribution in [2.75, 3.05) is 19.6 Å². The standard InChI is InChI=1S/C26H31F2N3O2/c1-18(2)16-31-24(32)26(29-25(31)33,15-19-6-5-8-22(27)14-19)21-10-12-30(13-11-21)17-20-7-3-4-9-23(20)28/h3-9,14,18,21H,10-13,15-17H2,1-2H3,(H,29,33)/t26-/m1/s1. The van der Waals surface area contributed by atoms with Crippen LogP contribution < -0.4 is 5.32 Å². The molecule has 33 heavy (non-hydrogen) atoms. The second kappa shape index (κ2) is 9.59. The number of amides is 3. The number of nitrogens with one attached hydrogen (secondary N) is 1. The predicted molar refractivity (Wildman–Crippen MR) is 122 cm³/mol. The fourth-order valence-corrected chi connectivity index (χ4v) is 5.14. The summed E-state index contributed by atoms with van der Waals surface area (Å²) in [6.45, 7) is 6.18. The molecule has 176 valence electrons. The molecule has 4 rings (SSSR count). The first-order chi connectivity index (χ1) is 15.8. The molecule has 1 atom stereocenters. The molecule has 0 spiro atoms. The van der Waals surface area contributed by atoms with Crippen molar-refractivity contribution in [1.29, 1.82) is 0 Å². The van der Waals surface area contributed by atoms with Crippen molar-refractivity contribution >= 4 is 11.9 Å². The monoisotopic (exact) mass is 455 g/mol. The number of piperidine rings is 1. The largest absolute Gasteiger partial charge is 0.325 e. The number of hydrogen-bond donors (Lipinski definition) is 1. The summed E-state index contributed by atoms with van der Waals surface area (Å²) in [5, 5.41) is 3.02. The first kappa shape index (κ1) is 23.4. The molecule has 2 heterocycles. The average molecular weight is 456 g/mol. The van der Waals surface area contributed by atoms with Crippen molar-refractivity contribution in [1.82, 2.24) is 15.1 Å². The molecule has 2 saturated heterocycles. The highest BCUT2D eigenvalue weighted by Gasteiger charge is 2.55. The van der Waals surface area contributed by atoms with Crippen LogP contribution in [0.2, 0.25) is 0 Å². The maximum atomic E-state index is 14.1. The molecule has 0 saturated carbocycles. The van der Waals surface area contributed by atoms with Crippen LogP contribution in [0.3, 0.4) is 0 Å². The third-order valence-corrected chi connectivity index (χ3v) is 6.76. The molecule has 0 aromatic heterocycles. The fourth-order valence-electron chi connectivity index (χ4n) is 5.14. The molecule has 2 aliphatic rings. The quantitative estimate of drug-likeness (QED) is 0.631. The van der Waals surface area contributed by atoms with Gasteiger partial charge in [-0.1, -0.05) is 44.2 Å². The van der Waals surface area contributed by atoms with Crippen LogP contribution in [0.5, 0.6) is 0 Å². The van der Waals surface area contributed by atoms with Gasteiger partial charge in [-0.25, -0.2) is 13.6 Å². The number of imide groups is 1. The molecule has 2 aromatic carbocycles. The van der Waals surface area contributed by atoms with Crippen molar-refractivity contribution in [3.8, 4) is 0 Å². The highest BCUT2D eigenvalue weighted by molar-refractivity contribution is 6.07. The van der Waals surface area contributed by atoms with Gasteiger partial charge >= 0.3 is 6.03 Å². The maximum absolute atomic E-state index is 14.1. The molecular weight excluding hydrogens is 424 g/mol. The van der Waals surface area contributed by atoms with E-state index in [1.54, 1.807) is 24.3 Å². The Morgan fingerprint density at radius 2 is 1.79 bits per heavy atom. The van der Waals surface area contributed by atoms with Crippen LogP contribution in [0.15, 0.2) is 48.5 Å².